The SMILES string of the molecule is CC(C)C(NC(=O)Nc1ccccc1)C(=O)NCC(C)(C)c1ccccc1. The van der Waals surface area contributed by atoms with Gasteiger partial charge in [0.25, 0.3) is 0 Å². The highest BCUT2D eigenvalue weighted by atomic mass is 16.2. The molecule has 0 aliphatic rings. The molecule has 0 fully saturated rings. The lowest BCUT2D eigenvalue weighted by atomic mass is 9.84. The van der Waals surface area contributed by atoms with Gasteiger partial charge < -0.3 is 16.0 Å². The predicted octanol–water partition coefficient (Wildman–Crippen LogP) is 3.93. The zero-order valence-electron chi connectivity index (χ0n) is 16.5. The zero-order valence-corrected chi connectivity index (χ0v) is 16.5. The molecule has 2 aromatic rings. The largest absolute Gasteiger partial charge is 0.353 e. The molecule has 5 nitrogen and oxygen atoms in total. The van der Waals surface area contributed by atoms with Crippen molar-refractivity contribution in [3.05, 3.63) is 66.2 Å². The molecular formula is C22H29N3O2. The molecular weight excluding hydrogens is 338 g/mol. The lowest BCUT2D eigenvalue weighted by Gasteiger charge is -2.28. The van der Waals surface area contributed by atoms with Crippen LogP contribution in [0.1, 0.15) is 33.3 Å². The second-order valence-corrected chi connectivity index (χ2v) is 7.65. The minimum Gasteiger partial charge on any atom is -0.353 e. The van der Waals surface area contributed by atoms with Gasteiger partial charge in [0.1, 0.15) is 6.04 Å². The molecule has 0 heterocycles. The Kier molecular flexibility index (Phi) is 6.99. The average molecular weight is 367 g/mol. The Bertz CT molecular complexity index is 743. The molecule has 0 bridgehead atoms. The van der Waals surface area contributed by atoms with Gasteiger partial charge >= 0.3 is 6.03 Å². The van der Waals surface area contributed by atoms with Crippen molar-refractivity contribution in [2.24, 2.45) is 5.92 Å². The van der Waals surface area contributed by atoms with E-state index in [9.17, 15) is 9.59 Å². The van der Waals surface area contributed by atoms with Crippen molar-refractivity contribution in [1.29, 1.82) is 0 Å². The summed E-state index contributed by atoms with van der Waals surface area (Å²) in [6, 6.07) is 18.2. The number of hydrogen-bond acceptors (Lipinski definition) is 2. The number of carbonyl (C=O) groups is 2. The second-order valence-electron chi connectivity index (χ2n) is 7.65. The molecule has 0 aromatic heterocycles. The van der Waals surface area contributed by atoms with E-state index < -0.39 is 12.1 Å². The van der Waals surface area contributed by atoms with Crippen LogP contribution in [0.3, 0.4) is 0 Å². The molecule has 0 spiro atoms. The molecule has 0 aliphatic heterocycles. The number of anilines is 1. The van der Waals surface area contributed by atoms with E-state index in [1.165, 1.54) is 0 Å². The van der Waals surface area contributed by atoms with Gasteiger partial charge in [-0.15, -0.1) is 0 Å². The first kappa shape index (κ1) is 20.5. The molecule has 3 N–H and O–H groups in total. The average Bonchev–Trinajstić information content (AvgIpc) is 2.65. The number of urea groups is 1. The Labute approximate surface area is 161 Å². The van der Waals surface area contributed by atoms with Gasteiger partial charge in [0.15, 0.2) is 0 Å². The third-order valence-electron chi connectivity index (χ3n) is 4.53. The van der Waals surface area contributed by atoms with Crippen molar-refractivity contribution in [3.8, 4) is 0 Å². The van der Waals surface area contributed by atoms with E-state index in [0.29, 0.717) is 12.2 Å². The Hall–Kier alpha value is -2.82. The minimum absolute atomic E-state index is 0.0358. The van der Waals surface area contributed by atoms with E-state index in [2.05, 4.69) is 41.9 Å². The first-order valence-electron chi connectivity index (χ1n) is 9.25. The van der Waals surface area contributed by atoms with E-state index in [1.807, 2.05) is 50.2 Å². The molecule has 27 heavy (non-hydrogen) atoms. The van der Waals surface area contributed by atoms with E-state index in [4.69, 9.17) is 0 Å². The van der Waals surface area contributed by atoms with Crippen LogP contribution in [0, 0.1) is 5.92 Å². The van der Waals surface area contributed by atoms with Gasteiger partial charge in [-0.1, -0.05) is 76.2 Å². The molecule has 0 radical (unpaired) electrons. The maximum Gasteiger partial charge on any atom is 0.319 e. The Morgan fingerprint density at radius 2 is 1.48 bits per heavy atom. The first-order valence-corrected chi connectivity index (χ1v) is 9.25. The summed E-state index contributed by atoms with van der Waals surface area (Å²) in [5, 5.41) is 8.52. The van der Waals surface area contributed by atoms with Crippen LogP contribution >= 0.6 is 0 Å². The van der Waals surface area contributed by atoms with Crippen molar-refractivity contribution < 1.29 is 9.59 Å². The lowest BCUT2D eigenvalue weighted by molar-refractivity contribution is -0.124. The molecule has 2 rings (SSSR count). The highest BCUT2D eigenvalue weighted by Crippen LogP contribution is 2.21. The van der Waals surface area contributed by atoms with Gasteiger partial charge in [-0.2, -0.15) is 0 Å². The number of rotatable bonds is 7. The summed E-state index contributed by atoms with van der Waals surface area (Å²) in [7, 11) is 0. The van der Waals surface area contributed by atoms with Gasteiger partial charge in [0.05, 0.1) is 0 Å². The van der Waals surface area contributed by atoms with Crippen LogP contribution in [-0.4, -0.2) is 24.5 Å². The van der Waals surface area contributed by atoms with Gasteiger partial charge in [-0.05, 0) is 23.6 Å². The summed E-state index contributed by atoms with van der Waals surface area (Å²) in [5.74, 6) is -0.219. The van der Waals surface area contributed by atoms with E-state index in [1.54, 1.807) is 12.1 Å². The van der Waals surface area contributed by atoms with Gasteiger partial charge in [0.2, 0.25) is 5.91 Å². The van der Waals surface area contributed by atoms with Gasteiger partial charge in [0, 0.05) is 17.6 Å². The maximum atomic E-state index is 12.7. The third-order valence-corrected chi connectivity index (χ3v) is 4.53. The van der Waals surface area contributed by atoms with E-state index in [-0.39, 0.29) is 17.2 Å². The Balaban J connectivity index is 1.95. The molecule has 144 valence electrons. The van der Waals surface area contributed by atoms with Crippen LogP contribution in [0.15, 0.2) is 60.7 Å². The predicted molar refractivity (Wildman–Crippen MR) is 110 cm³/mol. The molecule has 0 aliphatic carbocycles. The van der Waals surface area contributed by atoms with Crippen LogP contribution in [0.2, 0.25) is 0 Å². The van der Waals surface area contributed by atoms with Crippen LogP contribution in [-0.2, 0) is 10.2 Å². The molecule has 3 amide bonds. The molecule has 5 heteroatoms. The van der Waals surface area contributed by atoms with Crippen molar-refractivity contribution in [3.63, 3.8) is 0 Å². The smallest absolute Gasteiger partial charge is 0.319 e. The summed E-state index contributed by atoms with van der Waals surface area (Å²) in [5.41, 5.74) is 1.63. The number of amides is 3. The van der Waals surface area contributed by atoms with Crippen molar-refractivity contribution in [1.82, 2.24) is 10.6 Å². The van der Waals surface area contributed by atoms with Crippen molar-refractivity contribution in [2.75, 3.05) is 11.9 Å². The van der Waals surface area contributed by atoms with Gasteiger partial charge in [-0.25, -0.2) is 4.79 Å². The molecule has 0 saturated carbocycles. The standard InChI is InChI=1S/C22H29N3O2/c1-16(2)19(25-21(27)24-18-13-9-6-10-14-18)20(26)23-15-22(3,4)17-11-7-5-8-12-17/h5-14,16,19H,15H2,1-4H3,(H,23,26)(H2,24,25,27). The topological polar surface area (TPSA) is 70.2 Å². The number of carbonyl (C=O) groups excluding carboxylic acids is 2. The summed E-state index contributed by atoms with van der Waals surface area (Å²) >= 11 is 0. The van der Waals surface area contributed by atoms with Crippen LogP contribution in [0.4, 0.5) is 10.5 Å². The summed E-state index contributed by atoms with van der Waals surface area (Å²) in [6.45, 7) is 8.48. The van der Waals surface area contributed by atoms with E-state index in [0.717, 1.165) is 5.56 Å². The number of hydrogen-bond donors (Lipinski definition) is 3. The summed E-state index contributed by atoms with van der Waals surface area (Å²) in [4.78, 5) is 24.9. The lowest BCUT2D eigenvalue weighted by Crippen LogP contribution is -2.52. The maximum absolute atomic E-state index is 12.7. The Morgan fingerprint density at radius 1 is 0.926 bits per heavy atom. The number of nitrogens with one attached hydrogen (secondary N) is 3. The monoisotopic (exact) mass is 367 g/mol. The molecule has 2 aromatic carbocycles. The quantitative estimate of drug-likeness (QED) is 0.694. The van der Waals surface area contributed by atoms with E-state index >= 15 is 0 Å². The number of benzene rings is 2. The summed E-state index contributed by atoms with van der Waals surface area (Å²) < 4.78 is 0. The fourth-order valence-corrected chi connectivity index (χ4v) is 2.77. The van der Waals surface area contributed by atoms with Crippen molar-refractivity contribution >= 4 is 17.6 Å². The highest BCUT2D eigenvalue weighted by Gasteiger charge is 2.27. The zero-order chi connectivity index (χ0) is 19.9. The fraction of sp³-hybridized carbons (Fsp3) is 0.364. The normalized spacial score (nSPS) is 12.3. The highest BCUT2D eigenvalue weighted by molar-refractivity contribution is 5.93. The molecule has 1 atom stereocenters. The molecule has 0 saturated heterocycles. The van der Waals surface area contributed by atoms with Gasteiger partial charge in [-0.3, -0.25) is 4.79 Å². The number of para-hydroxylation sites is 1. The van der Waals surface area contributed by atoms with Crippen molar-refractivity contribution in [2.45, 2.75) is 39.2 Å². The van der Waals surface area contributed by atoms with Crippen LogP contribution in [0.25, 0.3) is 0 Å². The van der Waals surface area contributed by atoms with Crippen LogP contribution < -0.4 is 16.0 Å². The minimum atomic E-state index is -0.611. The first-order chi connectivity index (χ1) is 12.8. The second kappa shape index (κ2) is 9.21. The Morgan fingerprint density at radius 3 is 2.04 bits per heavy atom. The molecule has 1 unspecified atom stereocenters. The van der Waals surface area contributed by atoms with Crippen LogP contribution in [0.5, 0.6) is 0 Å². The summed E-state index contributed by atoms with van der Waals surface area (Å²) in [6.07, 6.45) is 0. The fourth-order valence-electron chi connectivity index (χ4n) is 2.77. The third kappa shape index (κ3) is 6.13.